The van der Waals surface area contributed by atoms with E-state index in [0.29, 0.717) is 30.7 Å². The number of Topliss-reactive ketones (excluding diaryl/α,β-unsaturated/α-hetero) is 1. The van der Waals surface area contributed by atoms with Crippen LogP contribution in [0.5, 0.6) is 0 Å². The molecule has 0 radical (unpaired) electrons. The maximum Gasteiger partial charge on any atom is 0.212 e. The zero-order valence-electron chi connectivity index (χ0n) is 14.0. The lowest BCUT2D eigenvalue weighted by Gasteiger charge is -2.29. The maximum absolute atomic E-state index is 14.3. The molecule has 2 atom stereocenters. The van der Waals surface area contributed by atoms with Crippen LogP contribution in [0.2, 0.25) is 0 Å². The van der Waals surface area contributed by atoms with Gasteiger partial charge in [0.2, 0.25) is 11.4 Å². The average Bonchev–Trinajstić information content (AvgIpc) is 2.62. The number of carbonyl (C=O) groups excluding carboxylic acids is 1. The highest BCUT2D eigenvalue weighted by Crippen LogP contribution is 2.33. The van der Waals surface area contributed by atoms with Crippen LogP contribution in [0.3, 0.4) is 0 Å². The summed E-state index contributed by atoms with van der Waals surface area (Å²) in [6, 6.07) is 0.889. The minimum atomic E-state index is -2.52. The van der Waals surface area contributed by atoms with E-state index in [1.807, 2.05) is 0 Å². The van der Waals surface area contributed by atoms with Crippen molar-refractivity contribution in [2.45, 2.75) is 11.7 Å². The van der Waals surface area contributed by atoms with Gasteiger partial charge in [-0.1, -0.05) is 5.16 Å². The smallest absolute Gasteiger partial charge is 0.212 e. The van der Waals surface area contributed by atoms with Crippen LogP contribution in [0.4, 0.5) is 17.6 Å². The monoisotopic (exact) mass is 387 g/mol. The molecule has 2 unspecified atom stereocenters. The molecular formula is C16H13F4N3O4. The number of ether oxygens (including phenoxy) is 2. The van der Waals surface area contributed by atoms with Gasteiger partial charge in [0.15, 0.2) is 17.7 Å². The molecule has 0 saturated heterocycles. The van der Waals surface area contributed by atoms with Gasteiger partial charge in [0.05, 0.1) is 18.6 Å². The summed E-state index contributed by atoms with van der Waals surface area (Å²) < 4.78 is 64.6. The van der Waals surface area contributed by atoms with Gasteiger partial charge in [-0.2, -0.15) is 0 Å². The molecule has 2 aromatic heterocycles. The van der Waals surface area contributed by atoms with Crippen molar-refractivity contribution in [3.63, 3.8) is 0 Å². The number of oxime groups is 1. The summed E-state index contributed by atoms with van der Waals surface area (Å²) in [4.78, 5) is 20.0. The molecule has 0 spiro atoms. The van der Waals surface area contributed by atoms with Crippen LogP contribution in [-0.4, -0.2) is 41.4 Å². The second kappa shape index (κ2) is 8.18. The van der Waals surface area contributed by atoms with Crippen LogP contribution in [-0.2, 0) is 19.9 Å². The van der Waals surface area contributed by atoms with E-state index >= 15 is 0 Å². The maximum atomic E-state index is 14.3. The Bertz CT molecular complexity index is 881. The third-order valence-corrected chi connectivity index (χ3v) is 3.65. The molecule has 0 bridgehead atoms. The summed E-state index contributed by atoms with van der Waals surface area (Å²) in [5.74, 6) is -5.76. The van der Waals surface area contributed by atoms with Gasteiger partial charge in [0.1, 0.15) is 23.0 Å². The lowest BCUT2D eigenvalue weighted by Crippen LogP contribution is -2.45. The molecule has 2 aromatic rings. The molecule has 1 N–H and O–H groups in total. The molecular weight excluding hydrogens is 374 g/mol. The second-order valence-corrected chi connectivity index (χ2v) is 5.17. The number of hydrogen-bond donors (Lipinski definition) is 1. The Morgan fingerprint density at radius 1 is 1.15 bits per heavy atom. The summed E-state index contributed by atoms with van der Waals surface area (Å²) in [5, 5.41) is 11.6. The van der Waals surface area contributed by atoms with Gasteiger partial charge in [-0.15, -0.1) is 0 Å². The molecule has 0 aliphatic heterocycles. The number of rotatable bonds is 7. The van der Waals surface area contributed by atoms with E-state index in [2.05, 4.69) is 15.1 Å². The Labute approximate surface area is 150 Å². The van der Waals surface area contributed by atoms with Crippen molar-refractivity contribution in [2.24, 2.45) is 5.16 Å². The van der Waals surface area contributed by atoms with E-state index < -0.39 is 52.1 Å². The number of methoxy groups -OCH3 is 2. The van der Waals surface area contributed by atoms with Crippen LogP contribution in [0.1, 0.15) is 17.5 Å². The minimum absolute atomic E-state index is 0.424. The van der Waals surface area contributed by atoms with E-state index in [9.17, 15) is 22.4 Å². The molecule has 0 aliphatic rings. The number of hydrogen-bond acceptors (Lipinski definition) is 7. The summed E-state index contributed by atoms with van der Waals surface area (Å²) in [5.41, 5.74) is -3.91. The quantitative estimate of drug-likeness (QED) is 0.339. The van der Waals surface area contributed by atoms with E-state index in [1.165, 1.54) is 0 Å². The largest absolute Gasteiger partial charge is 0.411 e. The molecule has 144 valence electrons. The Morgan fingerprint density at radius 2 is 1.74 bits per heavy atom. The zero-order valence-corrected chi connectivity index (χ0v) is 14.0. The number of pyridine rings is 2. The van der Waals surface area contributed by atoms with Crippen LogP contribution in [0.25, 0.3) is 0 Å². The highest BCUT2D eigenvalue weighted by Gasteiger charge is 2.48. The van der Waals surface area contributed by atoms with Crippen molar-refractivity contribution < 1.29 is 37.0 Å². The Balaban J connectivity index is 2.65. The predicted molar refractivity (Wildman–Crippen MR) is 82.0 cm³/mol. The average molecular weight is 387 g/mol. The Hall–Kier alpha value is -2.92. The summed E-state index contributed by atoms with van der Waals surface area (Å²) >= 11 is 0. The lowest BCUT2D eigenvalue weighted by molar-refractivity contribution is -0.146. The third-order valence-electron chi connectivity index (χ3n) is 3.65. The highest BCUT2D eigenvalue weighted by molar-refractivity contribution is 6.06. The van der Waals surface area contributed by atoms with Gasteiger partial charge in [0.25, 0.3) is 0 Å². The lowest BCUT2D eigenvalue weighted by atomic mass is 9.89. The molecule has 0 saturated carbocycles. The fourth-order valence-corrected chi connectivity index (χ4v) is 2.42. The molecule has 11 heteroatoms. The first-order valence-corrected chi connectivity index (χ1v) is 7.24. The van der Waals surface area contributed by atoms with Gasteiger partial charge < -0.3 is 14.7 Å². The molecule has 0 fully saturated rings. The van der Waals surface area contributed by atoms with Gasteiger partial charge in [-0.3, -0.25) is 14.8 Å². The van der Waals surface area contributed by atoms with E-state index in [-0.39, 0.29) is 0 Å². The SMILES string of the molecule is COC(C(=O)C(C=NO)(OC)c1ncc(F)cc1F)c1ncc(F)cc1F. The van der Waals surface area contributed by atoms with Crippen molar-refractivity contribution >= 4 is 12.0 Å². The van der Waals surface area contributed by atoms with E-state index in [0.717, 1.165) is 14.2 Å². The van der Waals surface area contributed by atoms with Crippen molar-refractivity contribution in [1.82, 2.24) is 9.97 Å². The van der Waals surface area contributed by atoms with Crippen molar-refractivity contribution in [3.05, 3.63) is 59.2 Å². The number of nitrogens with zero attached hydrogens (tertiary/aromatic N) is 3. The standard InChI is InChI=1S/C16H13F4N3O4/c1-26-13(12-10(19)3-8(17)5-21-12)15(24)16(27-2,7-23-25)14-11(20)4-9(18)6-22-14/h3-7,13,25H,1-2H3. The van der Waals surface area contributed by atoms with Crippen molar-refractivity contribution in [1.29, 1.82) is 0 Å². The predicted octanol–water partition coefficient (Wildman–Crippen LogP) is 2.29. The van der Waals surface area contributed by atoms with Gasteiger partial charge in [0, 0.05) is 26.4 Å². The minimum Gasteiger partial charge on any atom is -0.411 e. The van der Waals surface area contributed by atoms with Gasteiger partial charge >= 0.3 is 0 Å². The molecule has 2 heterocycles. The van der Waals surface area contributed by atoms with Crippen LogP contribution < -0.4 is 0 Å². The third kappa shape index (κ3) is 3.78. The zero-order chi connectivity index (χ0) is 20.2. The van der Waals surface area contributed by atoms with Crippen LogP contribution in [0.15, 0.2) is 29.7 Å². The van der Waals surface area contributed by atoms with Crippen molar-refractivity contribution in [3.8, 4) is 0 Å². The molecule has 2 rings (SSSR count). The van der Waals surface area contributed by atoms with E-state index in [1.54, 1.807) is 0 Å². The molecule has 0 aromatic carbocycles. The molecule has 7 nitrogen and oxygen atoms in total. The first-order chi connectivity index (χ1) is 12.8. The fraction of sp³-hybridized carbons (Fsp3) is 0.250. The summed E-state index contributed by atoms with van der Waals surface area (Å²) in [6.07, 6.45) is -0.104. The highest BCUT2D eigenvalue weighted by atomic mass is 19.1. The first-order valence-electron chi connectivity index (χ1n) is 7.24. The fourth-order valence-electron chi connectivity index (χ4n) is 2.42. The number of halogens is 4. The normalized spacial score (nSPS) is 14.9. The topological polar surface area (TPSA) is 93.9 Å². The molecule has 0 amide bonds. The Morgan fingerprint density at radius 3 is 2.22 bits per heavy atom. The number of ketones is 1. The Kier molecular flexibility index (Phi) is 6.18. The first kappa shape index (κ1) is 20.4. The van der Waals surface area contributed by atoms with E-state index in [4.69, 9.17) is 14.7 Å². The van der Waals surface area contributed by atoms with Crippen LogP contribution >= 0.6 is 0 Å². The molecule has 27 heavy (non-hydrogen) atoms. The number of aromatic nitrogens is 2. The van der Waals surface area contributed by atoms with Gasteiger partial charge in [-0.05, 0) is 0 Å². The van der Waals surface area contributed by atoms with Gasteiger partial charge in [-0.25, -0.2) is 17.6 Å². The second-order valence-electron chi connectivity index (χ2n) is 5.17. The number of carbonyl (C=O) groups is 1. The molecule has 0 aliphatic carbocycles. The summed E-state index contributed by atoms with van der Waals surface area (Å²) in [6.45, 7) is 0. The van der Waals surface area contributed by atoms with Crippen molar-refractivity contribution in [2.75, 3.05) is 14.2 Å². The van der Waals surface area contributed by atoms with Crippen LogP contribution in [0, 0.1) is 23.3 Å². The summed E-state index contributed by atoms with van der Waals surface area (Å²) in [7, 11) is 1.96.